The zero-order valence-corrected chi connectivity index (χ0v) is 13.5. The maximum Gasteiger partial charge on any atom is 0.305 e. The van der Waals surface area contributed by atoms with Crippen LogP contribution in [0.3, 0.4) is 0 Å². The summed E-state index contributed by atoms with van der Waals surface area (Å²) < 4.78 is 5.37. The Kier molecular flexibility index (Phi) is 4.69. The summed E-state index contributed by atoms with van der Waals surface area (Å²) in [5, 5.41) is 12.2. The molecule has 1 heterocycles. The third kappa shape index (κ3) is 3.67. The molecule has 24 heavy (non-hydrogen) atoms. The van der Waals surface area contributed by atoms with E-state index in [1.165, 1.54) is 0 Å². The highest BCUT2D eigenvalue weighted by molar-refractivity contribution is 5.96. The minimum atomic E-state index is -0.874. The van der Waals surface area contributed by atoms with E-state index in [0.29, 0.717) is 24.2 Å². The Balaban J connectivity index is 1.80. The van der Waals surface area contributed by atoms with Crippen LogP contribution in [0.5, 0.6) is 0 Å². The van der Waals surface area contributed by atoms with Gasteiger partial charge in [0, 0.05) is 11.1 Å². The molecule has 1 aromatic carbocycles. The van der Waals surface area contributed by atoms with Gasteiger partial charge in [-0.05, 0) is 37.1 Å². The highest BCUT2D eigenvalue weighted by Gasteiger charge is 2.36. The standard InChI is InChI=1S/C19H21NO4/c21-17(22)13-19(9-2-1-3-10-19)20-18(23)15-7-4-6-14(12-15)16-8-5-11-24-16/h4-8,11-12H,1-3,9-10,13H2,(H,20,23)(H,21,22). The molecule has 0 saturated heterocycles. The minimum Gasteiger partial charge on any atom is -0.481 e. The van der Waals surface area contributed by atoms with Gasteiger partial charge in [-0.25, -0.2) is 0 Å². The average Bonchev–Trinajstić information content (AvgIpc) is 3.09. The van der Waals surface area contributed by atoms with Crippen molar-refractivity contribution in [2.75, 3.05) is 0 Å². The van der Waals surface area contributed by atoms with Crippen molar-refractivity contribution in [2.24, 2.45) is 0 Å². The Morgan fingerprint density at radius 3 is 2.58 bits per heavy atom. The number of rotatable bonds is 5. The molecule has 0 unspecified atom stereocenters. The van der Waals surface area contributed by atoms with Gasteiger partial charge in [-0.1, -0.05) is 31.4 Å². The van der Waals surface area contributed by atoms with Crippen LogP contribution in [0.1, 0.15) is 48.9 Å². The summed E-state index contributed by atoms with van der Waals surface area (Å²) in [5.41, 5.74) is 0.699. The topological polar surface area (TPSA) is 79.5 Å². The number of furan rings is 1. The molecule has 126 valence electrons. The van der Waals surface area contributed by atoms with Crippen molar-refractivity contribution >= 4 is 11.9 Å². The molecule has 1 aliphatic rings. The number of nitrogens with one attached hydrogen (secondary N) is 1. The molecule has 1 fully saturated rings. The Labute approximate surface area is 140 Å². The van der Waals surface area contributed by atoms with Gasteiger partial charge in [-0.2, -0.15) is 0 Å². The van der Waals surface area contributed by atoms with Gasteiger partial charge >= 0.3 is 5.97 Å². The smallest absolute Gasteiger partial charge is 0.305 e. The van der Waals surface area contributed by atoms with Crippen LogP contribution >= 0.6 is 0 Å². The van der Waals surface area contributed by atoms with Crippen molar-refractivity contribution in [3.63, 3.8) is 0 Å². The first-order chi connectivity index (χ1) is 11.6. The van der Waals surface area contributed by atoms with Crippen LogP contribution in [0.25, 0.3) is 11.3 Å². The van der Waals surface area contributed by atoms with Gasteiger partial charge in [-0.3, -0.25) is 9.59 Å². The third-order valence-electron chi connectivity index (χ3n) is 4.61. The van der Waals surface area contributed by atoms with Crippen LogP contribution in [0.2, 0.25) is 0 Å². The van der Waals surface area contributed by atoms with Crippen LogP contribution in [-0.4, -0.2) is 22.5 Å². The molecule has 3 rings (SSSR count). The van der Waals surface area contributed by atoms with E-state index in [0.717, 1.165) is 24.8 Å². The van der Waals surface area contributed by atoms with Gasteiger partial charge in [0.25, 0.3) is 5.91 Å². The number of benzene rings is 1. The Bertz CT molecular complexity index is 715. The van der Waals surface area contributed by atoms with Gasteiger partial charge in [0.1, 0.15) is 5.76 Å². The van der Waals surface area contributed by atoms with E-state index in [4.69, 9.17) is 4.42 Å². The Hall–Kier alpha value is -2.56. The first-order valence-electron chi connectivity index (χ1n) is 8.26. The number of carbonyl (C=O) groups is 2. The lowest BCUT2D eigenvalue weighted by Crippen LogP contribution is -2.51. The summed E-state index contributed by atoms with van der Waals surface area (Å²) in [7, 11) is 0. The normalized spacial score (nSPS) is 16.5. The van der Waals surface area contributed by atoms with Crippen molar-refractivity contribution in [2.45, 2.75) is 44.1 Å². The van der Waals surface area contributed by atoms with Crippen LogP contribution in [0.15, 0.2) is 47.1 Å². The number of amides is 1. The third-order valence-corrected chi connectivity index (χ3v) is 4.61. The Morgan fingerprint density at radius 2 is 1.92 bits per heavy atom. The van der Waals surface area contributed by atoms with Gasteiger partial charge in [-0.15, -0.1) is 0 Å². The lowest BCUT2D eigenvalue weighted by atomic mass is 9.79. The number of carbonyl (C=O) groups excluding carboxylic acids is 1. The van der Waals surface area contributed by atoms with Crippen molar-refractivity contribution in [3.8, 4) is 11.3 Å². The first-order valence-corrected chi connectivity index (χ1v) is 8.26. The predicted molar refractivity (Wildman–Crippen MR) is 89.7 cm³/mol. The maximum absolute atomic E-state index is 12.7. The summed E-state index contributed by atoms with van der Waals surface area (Å²) in [6.45, 7) is 0. The molecule has 2 N–H and O–H groups in total. The molecule has 1 aliphatic carbocycles. The summed E-state index contributed by atoms with van der Waals surface area (Å²) in [4.78, 5) is 23.9. The molecular formula is C19H21NO4. The molecular weight excluding hydrogens is 306 g/mol. The van der Waals surface area contributed by atoms with E-state index >= 15 is 0 Å². The minimum absolute atomic E-state index is 0.0311. The van der Waals surface area contributed by atoms with Crippen molar-refractivity contribution < 1.29 is 19.1 Å². The molecule has 1 aromatic heterocycles. The monoisotopic (exact) mass is 327 g/mol. The molecule has 0 radical (unpaired) electrons. The average molecular weight is 327 g/mol. The molecule has 0 atom stereocenters. The highest BCUT2D eigenvalue weighted by atomic mass is 16.4. The maximum atomic E-state index is 12.7. The number of aliphatic carboxylic acids is 1. The second-order valence-electron chi connectivity index (χ2n) is 6.42. The summed E-state index contributed by atoms with van der Waals surface area (Å²) in [6.07, 6.45) is 5.96. The van der Waals surface area contributed by atoms with Crippen molar-refractivity contribution in [1.29, 1.82) is 0 Å². The van der Waals surface area contributed by atoms with Gasteiger partial charge in [0.15, 0.2) is 0 Å². The summed E-state index contributed by atoms with van der Waals surface area (Å²) in [6, 6.07) is 10.8. The van der Waals surface area contributed by atoms with E-state index in [1.807, 2.05) is 12.1 Å². The van der Waals surface area contributed by atoms with E-state index in [9.17, 15) is 14.7 Å². The fourth-order valence-electron chi connectivity index (χ4n) is 3.43. The lowest BCUT2D eigenvalue weighted by Gasteiger charge is -2.37. The van der Waals surface area contributed by atoms with E-state index in [2.05, 4.69) is 5.32 Å². The van der Waals surface area contributed by atoms with Crippen LogP contribution < -0.4 is 5.32 Å². The van der Waals surface area contributed by atoms with Crippen LogP contribution in [-0.2, 0) is 4.79 Å². The van der Waals surface area contributed by atoms with E-state index in [-0.39, 0.29) is 12.3 Å². The highest BCUT2D eigenvalue weighted by Crippen LogP contribution is 2.31. The molecule has 1 saturated carbocycles. The Morgan fingerprint density at radius 1 is 1.12 bits per heavy atom. The lowest BCUT2D eigenvalue weighted by molar-refractivity contribution is -0.139. The van der Waals surface area contributed by atoms with Crippen molar-refractivity contribution in [3.05, 3.63) is 48.2 Å². The number of hydrogen-bond donors (Lipinski definition) is 2. The summed E-state index contributed by atoms with van der Waals surface area (Å²) >= 11 is 0. The fourth-order valence-corrected chi connectivity index (χ4v) is 3.43. The molecule has 2 aromatic rings. The molecule has 0 spiro atoms. The SMILES string of the molecule is O=C(O)CC1(NC(=O)c2cccc(-c3ccco3)c2)CCCCC1. The van der Waals surface area contributed by atoms with Crippen molar-refractivity contribution in [1.82, 2.24) is 5.32 Å². The predicted octanol–water partition coefficient (Wildman–Crippen LogP) is 3.85. The van der Waals surface area contributed by atoms with Gasteiger partial charge in [0.2, 0.25) is 0 Å². The van der Waals surface area contributed by atoms with E-state index < -0.39 is 11.5 Å². The fraction of sp³-hybridized carbons (Fsp3) is 0.368. The second kappa shape index (κ2) is 6.91. The van der Waals surface area contributed by atoms with Gasteiger partial charge < -0.3 is 14.8 Å². The number of carboxylic acids is 1. The summed E-state index contributed by atoms with van der Waals surface area (Å²) in [5.74, 6) is -0.407. The molecule has 5 heteroatoms. The number of hydrogen-bond acceptors (Lipinski definition) is 3. The zero-order valence-electron chi connectivity index (χ0n) is 13.5. The largest absolute Gasteiger partial charge is 0.481 e. The zero-order chi connectivity index (χ0) is 17.0. The second-order valence-corrected chi connectivity index (χ2v) is 6.42. The first kappa shape index (κ1) is 16.3. The molecule has 0 bridgehead atoms. The molecule has 5 nitrogen and oxygen atoms in total. The van der Waals surface area contributed by atoms with Crippen LogP contribution in [0.4, 0.5) is 0 Å². The van der Waals surface area contributed by atoms with Gasteiger partial charge in [0.05, 0.1) is 18.2 Å². The molecule has 0 aliphatic heterocycles. The van der Waals surface area contributed by atoms with E-state index in [1.54, 1.807) is 30.5 Å². The molecule has 1 amide bonds. The van der Waals surface area contributed by atoms with Crippen LogP contribution in [0, 0.1) is 0 Å². The number of carboxylic acid groups (broad SMARTS) is 1. The quantitative estimate of drug-likeness (QED) is 0.874.